The molecule has 5 heterocycles. The van der Waals surface area contributed by atoms with Gasteiger partial charge in [-0.3, -0.25) is 14.6 Å². The van der Waals surface area contributed by atoms with E-state index in [1.165, 1.54) is 29.6 Å². The average molecular weight is 530 g/mol. The van der Waals surface area contributed by atoms with Crippen LogP contribution in [0.2, 0.25) is 0 Å². The minimum atomic E-state index is -4.48. The highest BCUT2D eigenvalue weighted by Crippen LogP contribution is 2.37. The zero-order chi connectivity index (χ0) is 26.3. The van der Waals surface area contributed by atoms with Gasteiger partial charge in [0.25, 0.3) is 5.91 Å². The lowest BCUT2D eigenvalue weighted by Gasteiger charge is -2.37. The Kier molecular flexibility index (Phi) is 6.16. The van der Waals surface area contributed by atoms with Crippen molar-refractivity contribution in [1.29, 1.82) is 5.26 Å². The topological polar surface area (TPSA) is 137 Å². The zero-order valence-corrected chi connectivity index (χ0v) is 20.0. The number of pyridine rings is 1. The molecule has 14 heteroatoms. The summed E-state index contributed by atoms with van der Waals surface area (Å²) < 4.78 is 43.2. The van der Waals surface area contributed by atoms with Crippen molar-refractivity contribution in [2.75, 3.05) is 19.7 Å². The number of rotatable bonds is 6. The Morgan fingerprint density at radius 1 is 1.38 bits per heavy atom. The molecule has 2 N–H and O–H groups in total. The molecule has 190 valence electrons. The highest BCUT2D eigenvalue weighted by atomic mass is 32.1. The van der Waals surface area contributed by atoms with Gasteiger partial charge < -0.3 is 19.9 Å². The Labute approximate surface area is 211 Å². The summed E-state index contributed by atoms with van der Waals surface area (Å²) in [4.78, 5) is 43.4. The summed E-state index contributed by atoms with van der Waals surface area (Å²) in [6, 6.07) is 4.31. The molecule has 1 aliphatic rings. The predicted octanol–water partition coefficient (Wildman–Crippen LogP) is 3.28. The molecule has 4 aromatic heterocycles. The number of hydrogen-bond acceptors (Lipinski definition) is 8. The van der Waals surface area contributed by atoms with Crippen LogP contribution in [0.4, 0.5) is 13.2 Å². The van der Waals surface area contributed by atoms with E-state index in [0.29, 0.717) is 39.5 Å². The van der Waals surface area contributed by atoms with Gasteiger partial charge in [-0.25, -0.2) is 9.97 Å². The molecule has 0 unspecified atom stereocenters. The highest BCUT2D eigenvalue weighted by Gasteiger charge is 2.34. The molecule has 4 aromatic rings. The first-order valence-corrected chi connectivity index (χ1v) is 11.9. The first-order chi connectivity index (χ1) is 17.6. The van der Waals surface area contributed by atoms with Crippen LogP contribution in [0.5, 0.6) is 5.75 Å². The molecule has 2 amide bonds. The molecule has 0 saturated carbocycles. The van der Waals surface area contributed by atoms with Crippen LogP contribution in [-0.2, 0) is 4.79 Å². The summed E-state index contributed by atoms with van der Waals surface area (Å²) in [7, 11) is 0. The first-order valence-electron chi connectivity index (χ1n) is 11.0. The van der Waals surface area contributed by atoms with Crippen molar-refractivity contribution >= 4 is 44.5 Å². The number of thiophene rings is 1. The van der Waals surface area contributed by atoms with E-state index in [-0.39, 0.29) is 28.7 Å². The lowest BCUT2D eigenvalue weighted by Crippen LogP contribution is -2.55. The number of amides is 2. The molecule has 0 spiro atoms. The SMILES string of the molecule is C[C@@H](NC(=O)c1c[nH]c2ncc(-c3cc4nccc(OCC(F)(F)F)c4s3)nc12)C(=O)N1CC(C#N)C1. The summed E-state index contributed by atoms with van der Waals surface area (Å²) in [5.74, 6) is -0.952. The average Bonchev–Trinajstić information content (AvgIpc) is 3.45. The molecular weight excluding hydrogens is 511 g/mol. The van der Waals surface area contributed by atoms with E-state index in [0.717, 1.165) is 11.3 Å². The van der Waals surface area contributed by atoms with Gasteiger partial charge in [-0.2, -0.15) is 18.4 Å². The number of likely N-dealkylation sites (tertiary alicyclic amines) is 1. The van der Waals surface area contributed by atoms with E-state index in [1.807, 2.05) is 0 Å². The molecule has 0 aromatic carbocycles. The monoisotopic (exact) mass is 529 g/mol. The lowest BCUT2D eigenvalue weighted by atomic mass is 10.0. The van der Waals surface area contributed by atoms with Crippen LogP contribution >= 0.6 is 11.3 Å². The number of H-pyrrole nitrogens is 1. The fourth-order valence-electron chi connectivity index (χ4n) is 3.85. The Hall–Kier alpha value is -4.25. The normalized spacial score (nSPS) is 14.8. The van der Waals surface area contributed by atoms with Crippen molar-refractivity contribution in [3.05, 3.63) is 36.3 Å². The second-order valence-corrected chi connectivity index (χ2v) is 9.51. The Bertz CT molecular complexity index is 1550. The van der Waals surface area contributed by atoms with Gasteiger partial charge in [0, 0.05) is 25.5 Å². The molecule has 37 heavy (non-hydrogen) atoms. The van der Waals surface area contributed by atoms with Crippen LogP contribution in [0, 0.1) is 17.2 Å². The predicted molar refractivity (Wildman–Crippen MR) is 127 cm³/mol. The van der Waals surface area contributed by atoms with Gasteiger partial charge in [0.1, 0.15) is 17.3 Å². The first kappa shape index (κ1) is 24.4. The molecular formula is C23H18F3N7O3S. The maximum absolute atomic E-state index is 12.9. The van der Waals surface area contributed by atoms with Crippen molar-refractivity contribution in [2.45, 2.75) is 19.1 Å². The summed E-state index contributed by atoms with van der Waals surface area (Å²) in [6.45, 7) is 0.813. The Balaban J connectivity index is 1.38. The number of aromatic amines is 1. The van der Waals surface area contributed by atoms with E-state index in [4.69, 9.17) is 10.00 Å². The third-order valence-corrected chi connectivity index (χ3v) is 6.90. The number of carbonyl (C=O) groups is 2. The molecule has 1 fully saturated rings. The van der Waals surface area contributed by atoms with Gasteiger partial charge in [-0.05, 0) is 19.1 Å². The minimum Gasteiger partial charge on any atom is -0.483 e. The quantitative estimate of drug-likeness (QED) is 0.391. The van der Waals surface area contributed by atoms with Gasteiger partial charge in [-0.1, -0.05) is 0 Å². The van der Waals surface area contributed by atoms with Gasteiger partial charge in [-0.15, -0.1) is 11.3 Å². The summed E-state index contributed by atoms with van der Waals surface area (Å²) >= 11 is 1.14. The van der Waals surface area contributed by atoms with Crippen LogP contribution in [0.15, 0.2) is 30.7 Å². The number of carbonyl (C=O) groups excluding carboxylic acids is 2. The van der Waals surface area contributed by atoms with Crippen molar-refractivity contribution in [3.8, 4) is 22.4 Å². The van der Waals surface area contributed by atoms with E-state index >= 15 is 0 Å². The fourth-order valence-corrected chi connectivity index (χ4v) is 4.88. The molecule has 1 atom stereocenters. The molecule has 1 saturated heterocycles. The number of fused-ring (bicyclic) bond motifs is 2. The number of nitrogens with one attached hydrogen (secondary N) is 2. The number of ether oxygens (including phenoxy) is 1. The standard InChI is InChI=1S/C23H18F3N7O3S/c1-11(22(35)33-8-12(5-27)9-33)31-21(34)13-6-29-20-18(13)32-15(7-30-20)17-4-14-19(37-17)16(2-3-28-14)36-10-23(24,25)26/h2-4,6-7,11-12H,8-10H2,1H3,(H,29,30)(H,31,34)/t11-/m1/s1. The van der Waals surface area contributed by atoms with Crippen molar-refractivity contribution in [3.63, 3.8) is 0 Å². The molecule has 5 rings (SSSR count). The maximum atomic E-state index is 12.9. The summed E-state index contributed by atoms with van der Waals surface area (Å²) in [5.41, 5.74) is 1.61. The van der Waals surface area contributed by atoms with E-state index in [1.54, 1.807) is 13.0 Å². The number of nitriles is 1. The molecule has 0 bridgehead atoms. The molecule has 1 aliphatic heterocycles. The third kappa shape index (κ3) is 4.90. The minimum absolute atomic E-state index is 0.0521. The number of aromatic nitrogens is 4. The second-order valence-electron chi connectivity index (χ2n) is 8.46. The van der Waals surface area contributed by atoms with Gasteiger partial charge >= 0.3 is 6.18 Å². The molecule has 0 aliphatic carbocycles. The van der Waals surface area contributed by atoms with E-state index in [9.17, 15) is 22.8 Å². The van der Waals surface area contributed by atoms with Crippen molar-refractivity contribution in [1.82, 2.24) is 30.2 Å². The van der Waals surface area contributed by atoms with Gasteiger partial charge in [0.15, 0.2) is 12.3 Å². The number of alkyl halides is 3. The van der Waals surface area contributed by atoms with Crippen LogP contribution in [-0.4, -0.2) is 68.6 Å². The Morgan fingerprint density at radius 3 is 2.89 bits per heavy atom. The van der Waals surface area contributed by atoms with E-state index < -0.39 is 24.7 Å². The van der Waals surface area contributed by atoms with E-state index in [2.05, 4.69) is 31.3 Å². The molecule has 10 nitrogen and oxygen atoms in total. The smallest absolute Gasteiger partial charge is 0.422 e. The van der Waals surface area contributed by atoms with Crippen LogP contribution in [0.25, 0.3) is 32.0 Å². The zero-order valence-electron chi connectivity index (χ0n) is 19.2. The Morgan fingerprint density at radius 2 is 2.16 bits per heavy atom. The van der Waals surface area contributed by atoms with Crippen LogP contribution in [0.1, 0.15) is 17.3 Å². The highest BCUT2D eigenvalue weighted by molar-refractivity contribution is 7.22. The number of halogens is 3. The van der Waals surface area contributed by atoms with Crippen LogP contribution in [0.3, 0.4) is 0 Å². The number of nitrogens with zero attached hydrogens (tertiary/aromatic N) is 5. The van der Waals surface area contributed by atoms with Crippen molar-refractivity contribution < 1.29 is 27.5 Å². The van der Waals surface area contributed by atoms with Gasteiger partial charge in [0.2, 0.25) is 5.91 Å². The summed E-state index contributed by atoms with van der Waals surface area (Å²) in [5, 5.41) is 11.5. The van der Waals surface area contributed by atoms with Gasteiger partial charge in [0.05, 0.1) is 44.5 Å². The lowest BCUT2D eigenvalue weighted by molar-refractivity contribution is -0.153. The summed E-state index contributed by atoms with van der Waals surface area (Å²) in [6.07, 6.45) is -0.208. The number of hydrogen-bond donors (Lipinski definition) is 2. The van der Waals surface area contributed by atoms with Crippen LogP contribution < -0.4 is 10.1 Å². The largest absolute Gasteiger partial charge is 0.483 e. The fraction of sp³-hybridized carbons (Fsp3) is 0.304. The van der Waals surface area contributed by atoms with Crippen molar-refractivity contribution in [2.24, 2.45) is 5.92 Å². The third-order valence-electron chi connectivity index (χ3n) is 5.74. The second kappa shape index (κ2) is 9.32. The maximum Gasteiger partial charge on any atom is 0.422 e. The molecule has 0 radical (unpaired) electrons.